The van der Waals surface area contributed by atoms with Gasteiger partial charge in [0.25, 0.3) is 11.8 Å². The van der Waals surface area contributed by atoms with Crippen molar-refractivity contribution >= 4 is 17.5 Å². The predicted octanol–water partition coefficient (Wildman–Crippen LogP) is 0.121. The van der Waals surface area contributed by atoms with Gasteiger partial charge in [-0.25, -0.2) is 0 Å². The maximum absolute atomic E-state index is 12.7. The Morgan fingerprint density at radius 2 is 1.67 bits per heavy atom. The van der Waals surface area contributed by atoms with Crippen molar-refractivity contribution in [2.24, 2.45) is 0 Å². The van der Waals surface area contributed by atoms with Crippen LogP contribution in [0.5, 0.6) is 0 Å². The van der Waals surface area contributed by atoms with Gasteiger partial charge in [-0.1, -0.05) is 0 Å². The third kappa shape index (κ3) is 7.60. The molecule has 0 spiro atoms. The van der Waals surface area contributed by atoms with Crippen LogP contribution in [0.15, 0.2) is 24.3 Å². The highest BCUT2D eigenvalue weighted by atomic mass is 19.4. The minimum Gasteiger partial charge on any atom is -0.347 e. The number of anilines is 1. The number of amides is 2. The SMILES string of the molecule is C[C@@H](C(=O)Nc1ccc(C(F)(F)F)cc1)[NH+]1CCC[NH+](CC(=O)NC(C)(C)C)CC1. The summed E-state index contributed by atoms with van der Waals surface area (Å²) < 4.78 is 38.0. The van der Waals surface area contributed by atoms with Crippen molar-refractivity contribution in [1.29, 1.82) is 0 Å². The van der Waals surface area contributed by atoms with Crippen molar-refractivity contribution in [2.45, 2.75) is 51.9 Å². The molecule has 0 aromatic heterocycles. The highest BCUT2D eigenvalue weighted by molar-refractivity contribution is 5.93. The Bertz CT molecular complexity index is 729. The van der Waals surface area contributed by atoms with Crippen molar-refractivity contribution in [2.75, 3.05) is 38.0 Å². The Labute approximate surface area is 175 Å². The van der Waals surface area contributed by atoms with Crippen LogP contribution in [0.25, 0.3) is 0 Å². The van der Waals surface area contributed by atoms with E-state index < -0.39 is 11.7 Å². The van der Waals surface area contributed by atoms with Crippen LogP contribution in [-0.4, -0.2) is 56.1 Å². The van der Waals surface area contributed by atoms with E-state index in [4.69, 9.17) is 0 Å². The molecule has 1 aliphatic rings. The fourth-order valence-electron chi connectivity index (χ4n) is 3.63. The quantitative estimate of drug-likeness (QED) is 0.536. The molecule has 6 nitrogen and oxygen atoms in total. The number of hydrogen-bond donors (Lipinski definition) is 4. The Balaban J connectivity index is 1.87. The molecule has 0 aliphatic carbocycles. The summed E-state index contributed by atoms with van der Waals surface area (Å²) in [6, 6.07) is 4.12. The van der Waals surface area contributed by atoms with Gasteiger partial charge in [0, 0.05) is 17.6 Å². The third-order valence-electron chi connectivity index (χ3n) is 5.24. The van der Waals surface area contributed by atoms with Gasteiger partial charge in [-0.2, -0.15) is 13.2 Å². The van der Waals surface area contributed by atoms with E-state index in [1.807, 2.05) is 27.7 Å². The lowest BCUT2D eigenvalue weighted by molar-refractivity contribution is -0.942. The van der Waals surface area contributed by atoms with Gasteiger partial charge in [0.1, 0.15) is 13.1 Å². The third-order valence-corrected chi connectivity index (χ3v) is 5.24. The molecule has 1 aromatic carbocycles. The van der Waals surface area contributed by atoms with E-state index in [1.165, 1.54) is 17.0 Å². The van der Waals surface area contributed by atoms with Gasteiger partial charge < -0.3 is 20.4 Å². The number of nitrogens with one attached hydrogen (secondary N) is 4. The molecule has 9 heteroatoms. The topological polar surface area (TPSA) is 67.1 Å². The van der Waals surface area contributed by atoms with E-state index in [0.717, 1.165) is 49.6 Å². The van der Waals surface area contributed by atoms with Gasteiger partial charge in [0.15, 0.2) is 12.6 Å². The summed E-state index contributed by atoms with van der Waals surface area (Å²) in [7, 11) is 0. The van der Waals surface area contributed by atoms with E-state index in [0.29, 0.717) is 12.2 Å². The van der Waals surface area contributed by atoms with Crippen LogP contribution in [0.2, 0.25) is 0 Å². The molecule has 1 aliphatic heterocycles. The first-order valence-corrected chi connectivity index (χ1v) is 10.3. The van der Waals surface area contributed by atoms with Crippen LogP contribution in [0, 0.1) is 0 Å². The highest BCUT2D eigenvalue weighted by Gasteiger charge is 2.31. The van der Waals surface area contributed by atoms with Crippen molar-refractivity contribution < 1.29 is 32.6 Å². The second-order valence-corrected chi connectivity index (χ2v) is 9.02. The first-order valence-electron chi connectivity index (χ1n) is 10.3. The average molecular weight is 431 g/mol. The predicted molar refractivity (Wildman–Crippen MR) is 108 cm³/mol. The second kappa shape index (κ2) is 9.78. The molecule has 1 heterocycles. The van der Waals surface area contributed by atoms with Crippen LogP contribution in [-0.2, 0) is 15.8 Å². The number of halogens is 3. The number of hydrogen-bond acceptors (Lipinski definition) is 2. The molecule has 0 saturated carbocycles. The normalized spacial score (nSPS) is 21.4. The molecule has 1 fully saturated rings. The number of rotatable bonds is 5. The number of alkyl halides is 3. The van der Waals surface area contributed by atoms with Crippen LogP contribution in [0.3, 0.4) is 0 Å². The average Bonchev–Trinajstić information content (AvgIpc) is 2.84. The lowest BCUT2D eigenvalue weighted by Crippen LogP contribution is -3.20. The Kier molecular flexibility index (Phi) is 7.87. The maximum Gasteiger partial charge on any atom is 0.416 e. The molecule has 3 atom stereocenters. The van der Waals surface area contributed by atoms with Gasteiger partial charge in [-0.05, 0) is 52.0 Å². The van der Waals surface area contributed by atoms with Gasteiger partial charge in [-0.3, -0.25) is 9.59 Å². The molecule has 1 aromatic rings. The summed E-state index contributed by atoms with van der Waals surface area (Å²) in [5, 5.41) is 5.69. The van der Waals surface area contributed by atoms with Crippen LogP contribution in [0.4, 0.5) is 18.9 Å². The van der Waals surface area contributed by atoms with Crippen LogP contribution < -0.4 is 20.4 Å². The number of quaternary nitrogens is 2. The molecular formula is C21H33F3N4O2+2. The van der Waals surface area contributed by atoms with Crippen molar-refractivity contribution in [3.63, 3.8) is 0 Å². The minimum atomic E-state index is -4.40. The molecule has 30 heavy (non-hydrogen) atoms. The highest BCUT2D eigenvalue weighted by Crippen LogP contribution is 2.29. The van der Waals surface area contributed by atoms with E-state index in [-0.39, 0.29) is 23.4 Å². The summed E-state index contributed by atoms with van der Waals surface area (Å²) in [4.78, 5) is 27.1. The molecule has 168 valence electrons. The van der Waals surface area contributed by atoms with Crippen LogP contribution in [0.1, 0.15) is 39.7 Å². The Hall–Kier alpha value is -2.13. The van der Waals surface area contributed by atoms with E-state index in [9.17, 15) is 22.8 Å². The van der Waals surface area contributed by atoms with Gasteiger partial charge >= 0.3 is 6.18 Å². The second-order valence-electron chi connectivity index (χ2n) is 9.02. The van der Waals surface area contributed by atoms with E-state index in [2.05, 4.69) is 10.6 Å². The molecule has 2 rings (SSSR count). The standard InChI is InChI=1S/C21H31F3N4O2/c1-15(19(30)25-17-8-6-16(7-9-17)21(22,23)24)28-11-5-10-27(12-13-28)14-18(29)26-20(2,3)4/h6-9,15H,5,10-14H2,1-4H3,(H,25,30)(H,26,29)/p+2/t15-/m0/s1. The minimum absolute atomic E-state index is 0.0223. The molecule has 4 N–H and O–H groups in total. The summed E-state index contributed by atoms with van der Waals surface area (Å²) in [5.41, 5.74) is -0.657. The van der Waals surface area contributed by atoms with E-state index >= 15 is 0 Å². The van der Waals surface area contributed by atoms with Gasteiger partial charge in [0.2, 0.25) is 0 Å². The molecule has 2 amide bonds. The van der Waals surface area contributed by atoms with Gasteiger partial charge in [0.05, 0.1) is 18.7 Å². The molecular weight excluding hydrogens is 397 g/mol. The first kappa shape index (κ1) is 24.1. The maximum atomic E-state index is 12.7. The largest absolute Gasteiger partial charge is 0.416 e. The number of benzene rings is 1. The van der Waals surface area contributed by atoms with Crippen molar-refractivity contribution in [3.8, 4) is 0 Å². The number of carbonyl (C=O) groups is 2. The molecule has 1 saturated heterocycles. The van der Waals surface area contributed by atoms with Gasteiger partial charge in [-0.15, -0.1) is 0 Å². The monoisotopic (exact) mass is 430 g/mol. The summed E-state index contributed by atoms with van der Waals surface area (Å²) >= 11 is 0. The number of carbonyl (C=O) groups excluding carboxylic acids is 2. The molecule has 0 radical (unpaired) electrons. The summed E-state index contributed by atoms with van der Waals surface area (Å²) in [5.74, 6) is -0.201. The van der Waals surface area contributed by atoms with E-state index in [1.54, 1.807) is 0 Å². The summed E-state index contributed by atoms with van der Waals surface area (Å²) in [6.45, 7) is 11.3. The zero-order chi connectivity index (χ0) is 22.5. The van der Waals surface area contributed by atoms with Crippen molar-refractivity contribution in [1.82, 2.24) is 5.32 Å². The summed E-state index contributed by atoms with van der Waals surface area (Å²) in [6.07, 6.45) is -3.50. The first-order chi connectivity index (χ1) is 13.8. The lowest BCUT2D eigenvalue weighted by atomic mass is 10.1. The smallest absolute Gasteiger partial charge is 0.347 e. The lowest BCUT2D eigenvalue weighted by Gasteiger charge is -2.24. The fraction of sp³-hybridized carbons (Fsp3) is 0.619. The molecule has 2 unspecified atom stereocenters. The van der Waals surface area contributed by atoms with Crippen LogP contribution >= 0.6 is 0 Å². The zero-order valence-corrected chi connectivity index (χ0v) is 18.1. The fourth-order valence-corrected chi connectivity index (χ4v) is 3.63. The molecule has 0 bridgehead atoms. The Morgan fingerprint density at radius 3 is 2.23 bits per heavy atom. The zero-order valence-electron chi connectivity index (χ0n) is 18.1. The van der Waals surface area contributed by atoms with Crippen molar-refractivity contribution in [3.05, 3.63) is 29.8 Å². The Morgan fingerprint density at radius 1 is 1.03 bits per heavy atom.